The molecule has 0 aliphatic rings. The Labute approximate surface area is 67.3 Å². The summed E-state index contributed by atoms with van der Waals surface area (Å²) in [6, 6.07) is 0. The average molecular weight is 161 g/mol. The molecule has 0 spiro atoms. The minimum atomic E-state index is 0.644. The maximum absolute atomic E-state index is 5.84. The number of allylic oxidation sites excluding steroid dienone is 3. The third-order valence-electron chi connectivity index (χ3n) is 1.19. The Kier molecular flexibility index (Phi) is 4.21. The van der Waals surface area contributed by atoms with Gasteiger partial charge in [-0.2, -0.15) is 0 Å². The molecule has 0 unspecified atom stereocenters. The van der Waals surface area contributed by atoms with Gasteiger partial charge in [0.25, 0.3) is 0 Å². The average Bonchev–Trinajstić information content (AvgIpc) is 1.90. The molecule has 0 rings (SSSR count). The van der Waals surface area contributed by atoms with Gasteiger partial charge in [0.05, 0.1) is 12.1 Å². The molecule has 0 aromatic heterocycles. The quantitative estimate of drug-likeness (QED) is 0.456. The summed E-state index contributed by atoms with van der Waals surface area (Å²) < 4.78 is 5.01. The Morgan fingerprint density at radius 2 is 2.10 bits per heavy atom. The first-order chi connectivity index (χ1) is 4.63. The Morgan fingerprint density at radius 3 is 2.20 bits per heavy atom. The zero-order chi connectivity index (χ0) is 8.15. The van der Waals surface area contributed by atoms with Crippen molar-refractivity contribution in [3.05, 3.63) is 22.9 Å². The molecule has 0 N–H and O–H groups in total. The molecule has 0 amide bonds. The van der Waals surface area contributed by atoms with Gasteiger partial charge in [0.2, 0.25) is 0 Å². The van der Waals surface area contributed by atoms with Crippen molar-refractivity contribution in [1.82, 2.24) is 0 Å². The van der Waals surface area contributed by atoms with Gasteiger partial charge in [-0.15, -0.1) is 0 Å². The first-order valence-electron chi connectivity index (χ1n) is 3.22. The Bertz CT molecular complexity index is 153. The third kappa shape index (κ3) is 2.44. The topological polar surface area (TPSA) is 9.23 Å². The summed E-state index contributed by atoms with van der Waals surface area (Å²) in [6.07, 6.45) is 0.808. The van der Waals surface area contributed by atoms with Gasteiger partial charge in [-0.05, 0) is 12.5 Å². The maximum atomic E-state index is 5.84. The molecule has 10 heavy (non-hydrogen) atoms. The van der Waals surface area contributed by atoms with E-state index < -0.39 is 0 Å². The van der Waals surface area contributed by atoms with E-state index in [9.17, 15) is 0 Å². The Hall–Kier alpha value is -0.430. The van der Waals surface area contributed by atoms with Gasteiger partial charge in [-0.25, -0.2) is 0 Å². The van der Waals surface area contributed by atoms with Crippen LogP contribution in [0.15, 0.2) is 22.9 Å². The third-order valence-corrected chi connectivity index (χ3v) is 1.72. The molecule has 0 heterocycles. The lowest BCUT2D eigenvalue weighted by Crippen LogP contribution is -1.88. The fourth-order valence-electron chi connectivity index (χ4n) is 0.627. The molecule has 1 nitrogen and oxygen atoms in total. The highest BCUT2D eigenvalue weighted by molar-refractivity contribution is 6.32. The van der Waals surface area contributed by atoms with Crippen LogP contribution in [0.1, 0.15) is 20.3 Å². The second kappa shape index (κ2) is 4.40. The van der Waals surface area contributed by atoms with Crippen LogP contribution in [0.4, 0.5) is 0 Å². The molecule has 0 aromatic carbocycles. The number of hydrogen-bond donors (Lipinski definition) is 0. The van der Waals surface area contributed by atoms with E-state index in [-0.39, 0.29) is 0 Å². The zero-order valence-corrected chi connectivity index (χ0v) is 7.46. The summed E-state index contributed by atoms with van der Waals surface area (Å²) in [4.78, 5) is 0. The largest absolute Gasteiger partial charge is 0.500 e. The van der Waals surface area contributed by atoms with Crippen LogP contribution < -0.4 is 0 Å². The van der Waals surface area contributed by atoms with Crippen molar-refractivity contribution >= 4 is 11.6 Å². The molecule has 0 aromatic rings. The van der Waals surface area contributed by atoms with Crippen molar-refractivity contribution in [3.63, 3.8) is 0 Å². The van der Waals surface area contributed by atoms with Crippen LogP contribution in [0.5, 0.6) is 0 Å². The van der Waals surface area contributed by atoms with Crippen LogP contribution in [0.3, 0.4) is 0 Å². The molecule has 0 aliphatic carbocycles. The Balaban J connectivity index is 4.43. The van der Waals surface area contributed by atoms with Crippen molar-refractivity contribution in [2.24, 2.45) is 0 Å². The van der Waals surface area contributed by atoms with Crippen LogP contribution in [0.25, 0.3) is 0 Å². The summed E-state index contributed by atoms with van der Waals surface area (Å²) in [5, 5.41) is 0.644. The molecule has 0 aliphatic heterocycles. The second-order valence-corrected chi connectivity index (χ2v) is 2.45. The standard InChI is InChI=1S/C8H13ClO/c1-5-7(10-4)8(9)6(2)3/h2,5H2,1,3-4H3/b8-7-. The minimum Gasteiger partial charge on any atom is -0.500 e. The van der Waals surface area contributed by atoms with E-state index in [2.05, 4.69) is 6.58 Å². The smallest absolute Gasteiger partial charge is 0.114 e. The van der Waals surface area contributed by atoms with Gasteiger partial charge in [0, 0.05) is 6.42 Å². The van der Waals surface area contributed by atoms with Crippen LogP contribution in [-0.4, -0.2) is 7.11 Å². The summed E-state index contributed by atoms with van der Waals surface area (Å²) >= 11 is 5.84. The minimum absolute atomic E-state index is 0.644. The predicted octanol–water partition coefficient (Wildman–Crippen LogP) is 3.07. The molecule has 2 heteroatoms. The molecule has 0 bridgehead atoms. The highest BCUT2D eigenvalue weighted by Crippen LogP contribution is 2.19. The molecule has 0 atom stereocenters. The van der Waals surface area contributed by atoms with E-state index in [4.69, 9.17) is 16.3 Å². The van der Waals surface area contributed by atoms with E-state index in [1.807, 2.05) is 13.8 Å². The number of halogens is 1. The lowest BCUT2D eigenvalue weighted by Gasteiger charge is -2.05. The van der Waals surface area contributed by atoms with Gasteiger partial charge < -0.3 is 4.74 Å². The molecule has 0 radical (unpaired) electrons. The fourth-order valence-corrected chi connectivity index (χ4v) is 0.838. The van der Waals surface area contributed by atoms with Crippen molar-refractivity contribution in [3.8, 4) is 0 Å². The first-order valence-corrected chi connectivity index (χ1v) is 3.59. The van der Waals surface area contributed by atoms with Gasteiger partial charge in [0.15, 0.2) is 0 Å². The van der Waals surface area contributed by atoms with Crippen LogP contribution in [-0.2, 0) is 4.74 Å². The maximum Gasteiger partial charge on any atom is 0.114 e. The van der Waals surface area contributed by atoms with E-state index in [1.54, 1.807) is 7.11 Å². The molecule has 58 valence electrons. The van der Waals surface area contributed by atoms with E-state index >= 15 is 0 Å². The predicted molar refractivity (Wildman–Crippen MR) is 45.0 cm³/mol. The van der Waals surface area contributed by atoms with Gasteiger partial charge in [-0.1, -0.05) is 25.1 Å². The summed E-state index contributed by atoms with van der Waals surface area (Å²) in [5.41, 5.74) is 0.848. The van der Waals surface area contributed by atoms with Crippen molar-refractivity contribution in [2.75, 3.05) is 7.11 Å². The first kappa shape index (κ1) is 9.57. The summed E-state index contributed by atoms with van der Waals surface area (Å²) in [6.45, 7) is 7.55. The van der Waals surface area contributed by atoms with Crippen molar-refractivity contribution in [1.29, 1.82) is 0 Å². The highest BCUT2D eigenvalue weighted by atomic mass is 35.5. The lowest BCUT2D eigenvalue weighted by molar-refractivity contribution is 0.279. The van der Waals surface area contributed by atoms with Crippen molar-refractivity contribution < 1.29 is 4.74 Å². The monoisotopic (exact) mass is 160 g/mol. The summed E-state index contributed by atoms with van der Waals surface area (Å²) in [5.74, 6) is 0.800. The van der Waals surface area contributed by atoms with E-state index in [0.29, 0.717) is 5.03 Å². The highest BCUT2D eigenvalue weighted by Gasteiger charge is 2.01. The lowest BCUT2D eigenvalue weighted by atomic mass is 10.2. The normalized spacial score (nSPS) is 12.4. The molecule has 0 saturated heterocycles. The van der Waals surface area contributed by atoms with E-state index in [1.165, 1.54) is 0 Å². The zero-order valence-electron chi connectivity index (χ0n) is 6.70. The Morgan fingerprint density at radius 1 is 1.60 bits per heavy atom. The summed E-state index contributed by atoms with van der Waals surface area (Å²) in [7, 11) is 1.62. The van der Waals surface area contributed by atoms with Crippen molar-refractivity contribution in [2.45, 2.75) is 20.3 Å². The number of ether oxygens (including phenoxy) is 1. The molecular weight excluding hydrogens is 148 g/mol. The van der Waals surface area contributed by atoms with E-state index in [0.717, 1.165) is 17.8 Å². The molecular formula is C8H13ClO. The van der Waals surface area contributed by atoms with Gasteiger partial charge >= 0.3 is 0 Å². The number of rotatable bonds is 3. The van der Waals surface area contributed by atoms with Gasteiger partial charge in [-0.3, -0.25) is 0 Å². The molecule has 0 saturated carbocycles. The molecule has 0 fully saturated rings. The second-order valence-electron chi connectivity index (χ2n) is 2.08. The number of hydrogen-bond acceptors (Lipinski definition) is 1. The van der Waals surface area contributed by atoms with Crippen LogP contribution in [0.2, 0.25) is 0 Å². The van der Waals surface area contributed by atoms with Crippen LogP contribution in [0, 0.1) is 0 Å². The fraction of sp³-hybridized carbons (Fsp3) is 0.500. The van der Waals surface area contributed by atoms with Crippen LogP contribution >= 0.6 is 11.6 Å². The SMILES string of the molecule is C=C(C)/C(Cl)=C(\CC)OC. The number of methoxy groups -OCH3 is 1. The van der Waals surface area contributed by atoms with Gasteiger partial charge in [0.1, 0.15) is 5.76 Å².